The molecule has 0 spiro atoms. The number of aryl methyl sites for hydroxylation is 2. The summed E-state index contributed by atoms with van der Waals surface area (Å²) in [5.41, 5.74) is 1.39. The molecule has 97 valence electrons. The maximum absolute atomic E-state index is 9.11. The molecule has 0 heterocycles. The van der Waals surface area contributed by atoms with E-state index in [1.54, 1.807) is 26.0 Å². The molecule has 2 rings (SSSR count). The Bertz CT molecular complexity index is 452. The smallest absolute Gasteiger partial charge is 0.119 e. The Balaban J connectivity index is 0.000000331. The summed E-state index contributed by atoms with van der Waals surface area (Å²) in [6, 6.07) is 8.80. The summed E-state index contributed by atoms with van der Waals surface area (Å²) in [5.74, 6) is 0.802. The van der Waals surface area contributed by atoms with Gasteiger partial charge in [-0.15, -0.1) is 0 Å². The Morgan fingerprint density at radius 3 is 1.16 bits per heavy atom. The topological polar surface area (TPSA) is 80.9 Å². The summed E-state index contributed by atoms with van der Waals surface area (Å²) in [5, 5.41) is 35.5. The molecule has 0 bridgehead atoms. The molecule has 0 atom stereocenters. The van der Waals surface area contributed by atoms with Crippen molar-refractivity contribution < 1.29 is 20.4 Å². The van der Waals surface area contributed by atoms with E-state index in [1.807, 2.05) is 0 Å². The van der Waals surface area contributed by atoms with E-state index in [0.717, 1.165) is 0 Å². The molecule has 5 heteroatoms. The molecule has 19 heavy (non-hydrogen) atoms. The molecular formula is C14H16KO4. The van der Waals surface area contributed by atoms with Crippen LogP contribution < -0.4 is 0 Å². The first-order chi connectivity index (χ1) is 8.40. The van der Waals surface area contributed by atoms with Crippen LogP contribution in [-0.4, -0.2) is 71.8 Å². The summed E-state index contributed by atoms with van der Waals surface area (Å²) in [6.07, 6.45) is 0. The van der Waals surface area contributed by atoms with Gasteiger partial charge in [0.2, 0.25) is 0 Å². The third-order valence-electron chi connectivity index (χ3n) is 2.36. The van der Waals surface area contributed by atoms with Crippen molar-refractivity contribution in [3.05, 3.63) is 47.5 Å². The number of phenolic OH excluding ortho intramolecular Hbond substituents is 4. The molecule has 1 radical (unpaired) electrons. The van der Waals surface area contributed by atoms with Crippen molar-refractivity contribution in [3.8, 4) is 23.0 Å². The van der Waals surface area contributed by atoms with Gasteiger partial charge < -0.3 is 20.4 Å². The Morgan fingerprint density at radius 1 is 0.632 bits per heavy atom. The largest absolute Gasteiger partial charge is 0.508 e. The molecule has 0 fully saturated rings. The third kappa shape index (κ3) is 6.31. The Labute approximate surface area is 154 Å². The minimum atomic E-state index is 0. The molecule has 0 aliphatic heterocycles. The van der Waals surface area contributed by atoms with Gasteiger partial charge in [-0.25, -0.2) is 0 Å². The minimum absolute atomic E-state index is 0. The second-order valence-corrected chi connectivity index (χ2v) is 3.94. The molecule has 0 amide bonds. The normalized spacial score (nSPS) is 8.95. The van der Waals surface area contributed by atoms with Crippen LogP contribution in [0.4, 0.5) is 0 Å². The molecular weight excluding hydrogens is 271 g/mol. The van der Waals surface area contributed by atoms with E-state index < -0.39 is 0 Å². The zero-order valence-corrected chi connectivity index (χ0v) is 14.4. The predicted octanol–water partition coefficient (Wildman–Crippen LogP) is 2.43. The molecule has 0 aliphatic carbocycles. The predicted molar refractivity (Wildman–Crippen MR) is 74.8 cm³/mol. The summed E-state index contributed by atoms with van der Waals surface area (Å²) < 4.78 is 0. The van der Waals surface area contributed by atoms with Gasteiger partial charge in [0.1, 0.15) is 23.0 Å². The Morgan fingerprint density at radius 2 is 0.895 bits per heavy atom. The Kier molecular flexibility index (Phi) is 8.13. The van der Waals surface area contributed by atoms with Crippen molar-refractivity contribution in [2.75, 3.05) is 0 Å². The van der Waals surface area contributed by atoms with E-state index in [-0.39, 0.29) is 74.4 Å². The van der Waals surface area contributed by atoms with Crippen molar-refractivity contribution >= 4 is 51.4 Å². The van der Waals surface area contributed by atoms with Gasteiger partial charge >= 0.3 is 0 Å². The first kappa shape index (κ1) is 18.3. The molecule has 2 aromatic carbocycles. The van der Waals surface area contributed by atoms with E-state index >= 15 is 0 Å². The van der Waals surface area contributed by atoms with Crippen LogP contribution in [0.3, 0.4) is 0 Å². The third-order valence-corrected chi connectivity index (χ3v) is 2.36. The summed E-state index contributed by atoms with van der Waals surface area (Å²) in [7, 11) is 0. The van der Waals surface area contributed by atoms with Crippen LogP contribution in [0.1, 0.15) is 11.1 Å². The van der Waals surface area contributed by atoms with Gasteiger partial charge in [-0.2, -0.15) is 0 Å². The number of hydrogen-bond acceptors (Lipinski definition) is 4. The van der Waals surface area contributed by atoms with E-state index in [0.29, 0.717) is 11.1 Å². The quantitative estimate of drug-likeness (QED) is 0.443. The molecule has 0 saturated carbocycles. The van der Waals surface area contributed by atoms with Gasteiger partial charge in [0.05, 0.1) is 0 Å². The summed E-state index contributed by atoms with van der Waals surface area (Å²) in [4.78, 5) is 0. The van der Waals surface area contributed by atoms with Crippen LogP contribution in [0.15, 0.2) is 36.4 Å². The van der Waals surface area contributed by atoms with Crippen LogP contribution in [0.25, 0.3) is 0 Å². The van der Waals surface area contributed by atoms with Gasteiger partial charge in [0.15, 0.2) is 0 Å². The molecule has 0 unspecified atom stereocenters. The van der Waals surface area contributed by atoms with Crippen molar-refractivity contribution in [1.82, 2.24) is 0 Å². The zero-order chi connectivity index (χ0) is 13.7. The molecule has 0 saturated heterocycles. The van der Waals surface area contributed by atoms with Gasteiger partial charge in [-0.05, 0) is 61.4 Å². The summed E-state index contributed by atoms with van der Waals surface area (Å²) in [6.45, 7) is 3.49. The monoisotopic (exact) mass is 287 g/mol. The average molecular weight is 287 g/mol. The van der Waals surface area contributed by atoms with Crippen molar-refractivity contribution in [2.24, 2.45) is 0 Å². The second-order valence-electron chi connectivity index (χ2n) is 3.94. The second kappa shape index (κ2) is 8.45. The maximum atomic E-state index is 9.11. The number of rotatable bonds is 0. The van der Waals surface area contributed by atoms with Crippen LogP contribution >= 0.6 is 0 Å². The number of aromatic hydroxyl groups is 4. The fourth-order valence-corrected chi connectivity index (χ4v) is 1.24. The van der Waals surface area contributed by atoms with Crippen molar-refractivity contribution in [3.63, 3.8) is 0 Å². The molecule has 0 aliphatic rings. The van der Waals surface area contributed by atoms with Gasteiger partial charge in [0, 0.05) is 51.4 Å². The first-order valence-corrected chi connectivity index (χ1v) is 5.37. The zero-order valence-electron chi connectivity index (χ0n) is 11.3. The molecule has 4 nitrogen and oxygen atoms in total. The Hall–Kier alpha value is -0.724. The molecule has 4 N–H and O–H groups in total. The van der Waals surface area contributed by atoms with Gasteiger partial charge in [-0.1, -0.05) is 0 Å². The van der Waals surface area contributed by atoms with Crippen molar-refractivity contribution in [2.45, 2.75) is 13.8 Å². The van der Waals surface area contributed by atoms with E-state index in [4.69, 9.17) is 20.4 Å². The van der Waals surface area contributed by atoms with Gasteiger partial charge in [0.25, 0.3) is 0 Å². The SMILES string of the molecule is Cc1cc(O)c(C)cc1O.Oc1ccc(O)cc1.[K]. The standard InChI is InChI=1S/C8H10O2.C6H6O2.K/c1-5-3-8(10)6(2)4-7(5)9;7-5-1-2-6(8)4-3-5;/h3-4,9-10H,1-2H3;1-4,7-8H;. The summed E-state index contributed by atoms with van der Waals surface area (Å²) >= 11 is 0. The fourth-order valence-electron chi connectivity index (χ4n) is 1.24. The van der Waals surface area contributed by atoms with E-state index in [9.17, 15) is 0 Å². The van der Waals surface area contributed by atoms with Gasteiger partial charge in [-0.3, -0.25) is 0 Å². The van der Waals surface area contributed by atoms with E-state index in [1.165, 1.54) is 24.3 Å². The van der Waals surface area contributed by atoms with Crippen molar-refractivity contribution in [1.29, 1.82) is 0 Å². The molecule has 0 aromatic heterocycles. The van der Waals surface area contributed by atoms with E-state index in [2.05, 4.69) is 0 Å². The van der Waals surface area contributed by atoms with Crippen LogP contribution in [0.2, 0.25) is 0 Å². The number of phenols is 4. The van der Waals surface area contributed by atoms with Crippen LogP contribution in [0.5, 0.6) is 23.0 Å². The van der Waals surface area contributed by atoms with Crippen LogP contribution in [-0.2, 0) is 0 Å². The average Bonchev–Trinajstić information content (AvgIpc) is 2.31. The van der Waals surface area contributed by atoms with Crippen LogP contribution in [0, 0.1) is 13.8 Å². The number of benzene rings is 2. The fraction of sp³-hybridized carbons (Fsp3) is 0.143. The maximum Gasteiger partial charge on any atom is 0.119 e. The number of hydrogen-bond donors (Lipinski definition) is 4. The molecule has 2 aromatic rings. The minimum Gasteiger partial charge on any atom is -0.508 e. The first-order valence-electron chi connectivity index (χ1n) is 5.37.